The number of hydrogen-bond donors (Lipinski definition) is 1. The summed E-state index contributed by atoms with van der Waals surface area (Å²) in [6, 6.07) is 0. The van der Waals surface area contributed by atoms with Gasteiger partial charge in [-0.15, -0.1) is 11.6 Å². The van der Waals surface area contributed by atoms with Crippen LogP contribution in [0.4, 0.5) is 0 Å². The number of nitrogens with one attached hydrogen (secondary N) is 1. The first-order chi connectivity index (χ1) is 6.79. The highest BCUT2D eigenvalue weighted by Gasteiger charge is 2.09. The maximum Gasteiger partial charge on any atom is 0.0319 e. The normalized spacial score (nSPS) is 20.1. The molecule has 0 saturated carbocycles. The Morgan fingerprint density at radius 2 is 2.00 bits per heavy atom. The van der Waals surface area contributed by atoms with Gasteiger partial charge in [-0.1, -0.05) is 0 Å². The van der Waals surface area contributed by atoms with Crippen molar-refractivity contribution in [1.29, 1.82) is 0 Å². The van der Waals surface area contributed by atoms with Gasteiger partial charge in [-0.3, -0.25) is 0 Å². The van der Waals surface area contributed by atoms with Crippen LogP contribution in [0.15, 0.2) is 0 Å². The van der Waals surface area contributed by atoms with E-state index >= 15 is 0 Å². The predicted octanol–water partition coefficient (Wildman–Crippen LogP) is 2.08. The monoisotopic (exact) mass is 218 g/mol. The Bertz CT molecular complexity index is 133. The van der Waals surface area contributed by atoms with Gasteiger partial charge in [0.25, 0.3) is 0 Å². The van der Waals surface area contributed by atoms with Gasteiger partial charge in [0.1, 0.15) is 0 Å². The molecule has 0 aliphatic carbocycles. The molecule has 0 radical (unpaired) electrons. The van der Waals surface area contributed by atoms with Gasteiger partial charge in [0, 0.05) is 5.38 Å². The van der Waals surface area contributed by atoms with E-state index in [9.17, 15) is 0 Å². The van der Waals surface area contributed by atoms with Crippen LogP contribution in [0.2, 0.25) is 0 Å². The topological polar surface area (TPSA) is 15.3 Å². The van der Waals surface area contributed by atoms with Crippen LogP contribution in [0.3, 0.4) is 0 Å². The molecule has 0 aromatic rings. The van der Waals surface area contributed by atoms with Crippen LogP contribution >= 0.6 is 11.6 Å². The smallest absolute Gasteiger partial charge is 0.0319 e. The van der Waals surface area contributed by atoms with E-state index in [1.54, 1.807) is 0 Å². The molecule has 0 amide bonds. The third-order valence-corrected chi connectivity index (χ3v) is 2.96. The van der Waals surface area contributed by atoms with E-state index in [1.165, 1.54) is 38.9 Å². The van der Waals surface area contributed by atoms with Crippen LogP contribution in [0.25, 0.3) is 0 Å². The molecule has 1 atom stereocenters. The van der Waals surface area contributed by atoms with Gasteiger partial charge >= 0.3 is 0 Å². The number of rotatable bonds is 7. The Morgan fingerprint density at radius 3 is 2.64 bits per heavy atom. The minimum atomic E-state index is 0.307. The lowest BCUT2D eigenvalue weighted by Gasteiger charge is -2.14. The molecule has 14 heavy (non-hydrogen) atoms. The molecule has 0 spiro atoms. The van der Waals surface area contributed by atoms with Gasteiger partial charge in [0.15, 0.2) is 0 Å². The van der Waals surface area contributed by atoms with Crippen LogP contribution in [0.1, 0.15) is 32.6 Å². The van der Waals surface area contributed by atoms with E-state index in [0.29, 0.717) is 5.38 Å². The van der Waals surface area contributed by atoms with E-state index in [2.05, 4.69) is 10.2 Å². The molecule has 1 N–H and O–H groups in total. The van der Waals surface area contributed by atoms with Crippen LogP contribution in [0.5, 0.6) is 0 Å². The number of alkyl halides is 1. The fourth-order valence-electron chi connectivity index (χ4n) is 1.86. The lowest BCUT2D eigenvalue weighted by Crippen LogP contribution is -2.25. The highest BCUT2D eigenvalue weighted by Crippen LogP contribution is 2.06. The zero-order valence-corrected chi connectivity index (χ0v) is 10.0. The molecular weight excluding hydrogens is 196 g/mol. The molecule has 1 saturated heterocycles. The Hall–Kier alpha value is 0.210. The van der Waals surface area contributed by atoms with Crippen molar-refractivity contribution < 1.29 is 0 Å². The van der Waals surface area contributed by atoms with E-state index in [4.69, 9.17) is 11.6 Å². The Morgan fingerprint density at radius 1 is 1.29 bits per heavy atom. The molecule has 1 unspecified atom stereocenters. The third-order valence-electron chi connectivity index (χ3n) is 2.75. The average Bonchev–Trinajstić information content (AvgIpc) is 2.63. The van der Waals surface area contributed by atoms with Gasteiger partial charge in [-0.2, -0.15) is 0 Å². The predicted molar refractivity (Wildman–Crippen MR) is 63.1 cm³/mol. The summed E-state index contributed by atoms with van der Waals surface area (Å²) in [5.41, 5.74) is 0. The molecule has 1 fully saturated rings. The quantitative estimate of drug-likeness (QED) is 0.520. The molecule has 3 heteroatoms. The number of likely N-dealkylation sites (tertiary alicyclic amines) is 1. The van der Waals surface area contributed by atoms with Gasteiger partial charge in [0.2, 0.25) is 0 Å². The zero-order chi connectivity index (χ0) is 10.2. The first kappa shape index (κ1) is 12.3. The second-order valence-corrected chi connectivity index (χ2v) is 4.97. The Labute approximate surface area is 93.0 Å². The maximum absolute atomic E-state index is 5.85. The maximum atomic E-state index is 5.85. The molecule has 1 rings (SSSR count). The van der Waals surface area contributed by atoms with Crippen molar-refractivity contribution in [1.82, 2.24) is 10.2 Å². The van der Waals surface area contributed by atoms with Crippen LogP contribution in [0, 0.1) is 0 Å². The van der Waals surface area contributed by atoms with E-state index in [-0.39, 0.29) is 0 Å². The van der Waals surface area contributed by atoms with Crippen molar-refractivity contribution in [2.24, 2.45) is 0 Å². The number of hydrogen-bond acceptors (Lipinski definition) is 2. The minimum absolute atomic E-state index is 0.307. The largest absolute Gasteiger partial charge is 0.317 e. The summed E-state index contributed by atoms with van der Waals surface area (Å²) in [5.74, 6) is 0. The van der Waals surface area contributed by atoms with Crippen LogP contribution < -0.4 is 5.32 Å². The summed E-state index contributed by atoms with van der Waals surface area (Å²) in [5, 5.41) is 3.74. The average molecular weight is 219 g/mol. The van der Waals surface area contributed by atoms with Crippen molar-refractivity contribution in [3.63, 3.8) is 0 Å². The fourth-order valence-corrected chi connectivity index (χ4v) is 1.97. The lowest BCUT2D eigenvalue weighted by molar-refractivity contribution is 0.331. The molecule has 2 nitrogen and oxygen atoms in total. The molecule has 0 aromatic heterocycles. The Kier molecular flexibility index (Phi) is 6.57. The first-order valence-corrected chi connectivity index (χ1v) is 6.30. The highest BCUT2D eigenvalue weighted by atomic mass is 35.5. The molecule has 84 valence electrons. The summed E-state index contributed by atoms with van der Waals surface area (Å²) < 4.78 is 0. The molecule has 1 heterocycles. The second-order valence-electron chi connectivity index (χ2n) is 4.22. The molecule has 0 bridgehead atoms. The van der Waals surface area contributed by atoms with Crippen molar-refractivity contribution in [2.45, 2.75) is 38.0 Å². The molecule has 1 aliphatic heterocycles. The van der Waals surface area contributed by atoms with Gasteiger partial charge in [-0.05, 0) is 65.3 Å². The number of nitrogens with zero attached hydrogens (tertiary/aromatic N) is 1. The standard InChI is InChI=1S/C11H23ClN2/c1-11(12)5-7-13-6-4-10-14-8-2-3-9-14/h11,13H,2-10H2,1H3. The SMILES string of the molecule is CC(Cl)CCNCCCN1CCCC1. The van der Waals surface area contributed by atoms with Gasteiger partial charge in [-0.25, -0.2) is 0 Å². The van der Waals surface area contributed by atoms with Crippen molar-refractivity contribution in [3.05, 3.63) is 0 Å². The molecule has 0 aromatic carbocycles. The first-order valence-electron chi connectivity index (χ1n) is 5.86. The molecular formula is C11H23ClN2. The van der Waals surface area contributed by atoms with E-state index < -0.39 is 0 Å². The highest BCUT2D eigenvalue weighted by molar-refractivity contribution is 6.20. The fraction of sp³-hybridized carbons (Fsp3) is 1.00. The Balaban J connectivity index is 1.79. The zero-order valence-electron chi connectivity index (χ0n) is 9.27. The van der Waals surface area contributed by atoms with Gasteiger partial charge < -0.3 is 10.2 Å². The van der Waals surface area contributed by atoms with Crippen molar-refractivity contribution in [2.75, 3.05) is 32.7 Å². The minimum Gasteiger partial charge on any atom is -0.317 e. The summed E-state index contributed by atoms with van der Waals surface area (Å²) in [6.45, 7) is 8.15. The van der Waals surface area contributed by atoms with Gasteiger partial charge in [0.05, 0.1) is 0 Å². The third kappa shape index (κ3) is 5.84. The summed E-state index contributed by atoms with van der Waals surface area (Å²) in [7, 11) is 0. The summed E-state index contributed by atoms with van der Waals surface area (Å²) >= 11 is 5.85. The van der Waals surface area contributed by atoms with Crippen molar-refractivity contribution >= 4 is 11.6 Å². The summed E-state index contributed by atoms with van der Waals surface area (Å²) in [6.07, 6.45) is 5.15. The van der Waals surface area contributed by atoms with E-state index in [0.717, 1.165) is 19.5 Å². The molecule has 1 aliphatic rings. The lowest BCUT2D eigenvalue weighted by atomic mass is 10.3. The van der Waals surface area contributed by atoms with E-state index in [1.807, 2.05) is 6.92 Å². The van der Waals surface area contributed by atoms with Crippen LogP contribution in [-0.4, -0.2) is 43.0 Å². The van der Waals surface area contributed by atoms with Crippen LogP contribution in [-0.2, 0) is 0 Å². The second kappa shape index (κ2) is 7.49. The number of halogens is 1. The van der Waals surface area contributed by atoms with Crippen molar-refractivity contribution in [3.8, 4) is 0 Å². The summed E-state index contributed by atoms with van der Waals surface area (Å²) in [4.78, 5) is 2.56.